The molecule has 1 amide bonds. The van der Waals surface area contributed by atoms with Crippen LogP contribution in [0.15, 0.2) is 71.6 Å². The van der Waals surface area contributed by atoms with E-state index in [1.165, 1.54) is 18.2 Å². The zero-order valence-electron chi connectivity index (χ0n) is 18.0. The van der Waals surface area contributed by atoms with Crippen molar-refractivity contribution in [2.75, 3.05) is 19.9 Å². The average molecular weight is 521 g/mol. The van der Waals surface area contributed by atoms with E-state index in [2.05, 4.69) is 5.32 Å². The van der Waals surface area contributed by atoms with E-state index < -0.39 is 15.9 Å². The minimum atomic E-state index is -4.09. The number of carbonyl (C=O) groups is 1. The molecule has 34 heavy (non-hydrogen) atoms. The summed E-state index contributed by atoms with van der Waals surface area (Å²) in [5.41, 5.74) is 1.75. The summed E-state index contributed by atoms with van der Waals surface area (Å²) in [5.74, 6) is 0.800. The van der Waals surface area contributed by atoms with Gasteiger partial charge in [-0.2, -0.15) is 4.31 Å². The van der Waals surface area contributed by atoms with E-state index in [0.717, 1.165) is 15.4 Å². The van der Waals surface area contributed by atoms with Crippen molar-refractivity contribution in [2.45, 2.75) is 17.9 Å². The topological polar surface area (TPSA) is 84.9 Å². The standard InChI is InChI=1S/C24H22Cl2N2O5S/c25-19-7-8-20(26)23(13-19)34(30,31)28(11-10-17-4-2-1-3-5-17)15-24(29)27-14-18-6-9-21-22(12-18)33-16-32-21/h1-9,12-13H,10-11,14-16H2,(H,27,29). The summed E-state index contributed by atoms with van der Waals surface area (Å²) < 4.78 is 38.6. The molecule has 0 saturated carbocycles. The van der Waals surface area contributed by atoms with Gasteiger partial charge in [-0.3, -0.25) is 4.79 Å². The molecular formula is C24H22Cl2N2O5S. The minimum Gasteiger partial charge on any atom is -0.454 e. The van der Waals surface area contributed by atoms with Crippen LogP contribution in [0.5, 0.6) is 11.5 Å². The molecule has 1 N–H and O–H groups in total. The van der Waals surface area contributed by atoms with Crippen molar-refractivity contribution in [2.24, 2.45) is 0 Å². The van der Waals surface area contributed by atoms with Gasteiger partial charge >= 0.3 is 0 Å². The van der Waals surface area contributed by atoms with Crippen molar-refractivity contribution in [3.63, 3.8) is 0 Å². The Morgan fingerprint density at radius 1 is 0.941 bits per heavy atom. The largest absolute Gasteiger partial charge is 0.454 e. The smallest absolute Gasteiger partial charge is 0.245 e. The van der Waals surface area contributed by atoms with Crippen LogP contribution >= 0.6 is 23.2 Å². The highest BCUT2D eigenvalue weighted by molar-refractivity contribution is 7.89. The van der Waals surface area contributed by atoms with E-state index in [4.69, 9.17) is 32.7 Å². The van der Waals surface area contributed by atoms with Crippen molar-refractivity contribution >= 4 is 39.1 Å². The molecule has 0 radical (unpaired) electrons. The van der Waals surface area contributed by atoms with E-state index in [-0.39, 0.29) is 41.4 Å². The van der Waals surface area contributed by atoms with Crippen LogP contribution in [0.2, 0.25) is 10.0 Å². The summed E-state index contributed by atoms with van der Waals surface area (Å²) in [4.78, 5) is 12.6. The summed E-state index contributed by atoms with van der Waals surface area (Å²) in [6.07, 6.45) is 0.424. The van der Waals surface area contributed by atoms with Crippen molar-refractivity contribution < 1.29 is 22.7 Å². The van der Waals surface area contributed by atoms with Gasteiger partial charge in [0.05, 0.1) is 11.6 Å². The fourth-order valence-electron chi connectivity index (χ4n) is 3.46. The number of nitrogens with zero attached hydrogens (tertiary/aromatic N) is 1. The van der Waals surface area contributed by atoms with Gasteiger partial charge in [0.2, 0.25) is 22.7 Å². The van der Waals surface area contributed by atoms with E-state index in [0.29, 0.717) is 17.9 Å². The molecule has 7 nitrogen and oxygen atoms in total. The van der Waals surface area contributed by atoms with Crippen molar-refractivity contribution in [3.8, 4) is 11.5 Å². The van der Waals surface area contributed by atoms with Crippen LogP contribution in [0.25, 0.3) is 0 Å². The molecule has 4 rings (SSSR count). The third kappa shape index (κ3) is 5.82. The molecule has 3 aromatic rings. The first-order valence-electron chi connectivity index (χ1n) is 10.5. The van der Waals surface area contributed by atoms with Crippen molar-refractivity contribution in [3.05, 3.63) is 87.9 Å². The molecular weight excluding hydrogens is 499 g/mol. The van der Waals surface area contributed by atoms with E-state index in [1.54, 1.807) is 12.1 Å². The van der Waals surface area contributed by atoms with Crippen molar-refractivity contribution in [1.82, 2.24) is 9.62 Å². The number of hydrogen-bond donors (Lipinski definition) is 1. The Hall–Kier alpha value is -2.78. The Morgan fingerprint density at radius 3 is 2.50 bits per heavy atom. The molecule has 0 aromatic heterocycles. The molecule has 0 unspecified atom stereocenters. The molecule has 178 valence electrons. The first-order chi connectivity index (χ1) is 16.3. The van der Waals surface area contributed by atoms with Crippen molar-refractivity contribution in [1.29, 1.82) is 0 Å². The first-order valence-corrected chi connectivity index (χ1v) is 12.7. The van der Waals surface area contributed by atoms with Gasteiger partial charge in [0, 0.05) is 18.1 Å². The molecule has 0 saturated heterocycles. The minimum absolute atomic E-state index is 0.0369. The molecule has 0 aliphatic carbocycles. The highest BCUT2D eigenvalue weighted by Gasteiger charge is 2.29. The predicted molar refractivity (Wildman–Crippen MR) is 130 cm³/mol. The quantitative estimate of drug-likeness (QED) is 0.455. The van der Waals surface area contributed by atoms with Crippen LogP contribution < -0.4 is 14.8 Å². The molecule has 1 aliphatic heterocycles. The number of hydrogen-bond acceptors (Lipinski definition) is 5. The second kappa shape index (κ2) is 10.7. The monoisotopic (exact) mass is 520 g/mol. The Bertz CT molecular complexity index is 1290. The van der Waals surface area contributed by atoms with Crippen LogP contribution in [0, 0.1) is 0 Å². The molecule has 0 atom stereocenters. The fourth-order valence-corrected chi connectivity index (χ4v) is 5.60. The Balaban J connectivity index is 1.50. The van der Waals surface area contributed by atoms with Gasteiger partial charge < -0.3 is 14.8 Å². The number of nitrogens with one attached hydrogen (secondary N) is 1. The molecule has 0 fully saturated rings. The Kier molecular flexibility index (Phi) is 7.63. The summed E-state index contributed by atoms with van der Waals surface area (Å²) >= 11 is 12.2. The molecule has 10 heteroatoms. The summed E-state index contributed by atoms with van der Waals surface area (Å²) in [6.45, 7) is 0.0839. The first kappa shape index (κ1) is 24.3. The van der Waals surface area contributed by atoms with E-state index in [9.17, 15) is 13.2 Å². The zero-order valence-corrected chi connectivity index (χ0v) is 20.4. The van der Waals surface area contributed by atoms with Crippen LogP contribution in [0.3, 0.4) is 0 Å². The highest BCUT2D eigenvalue weighted by atomic mass is 35.5. The predicted octanol–water partition coefficient (Wildman–Crippen LogP) is 4.27. The van der Waals surface area contributed by atoms with Crippen LogP contribution in [-0.4, -0.2) is 38.5 Å². The number of amides is 1. The molecule has 0 spiro atoms. The Labute approximate surface area is 208 Å². The molecule has 1 heterocycles. The maximum Gasteiger partial charge on any atom is 0.245 e. The number of halogens is 2. The number of rotatable bonds is 9. The van der Waals surface area contributed by atoms with Gasteiger partial charge in [-0.05, 0) is 47.9 Å². The maximum absolute atomic E-state index is 13.4. The second-order valence-electron chi connectivity index (χ2n) is 7.61. The number of carbonyl (C=O) groups excluding carboxylic acids is 1. The molecule has 1 aliphatic rings. The average Bonchev–Trinajstić information content (AvgIpc) is 3.30. The third-order valence-corrected chi connectivity index (χ3v) is 7.81. The van der Waals surface area contributed by atoms with Gasteiger partial charge in [0.15, 0.2) is 11.5 Å². The Morgan fingerprint density at radius 2 is 1.71 bits per heavy atom. The van der Waals surface area contributed by atoms with E-state index >= 15 is 0 Å². The van der Waals surface area contributed by atoms with Gasteiger partial charge in [-0.15, -0.1) is 0 Å². The number of fused-ring (bicyclic) bond motifs is 1. The number of benzene rings is 3. The van der Waals surface area contributed by atoms with Gasteiger partial charge in [-0.1, -0.05) is 59.6 Å². The number of sulfonamides is 1. The lowest BCUT2D eigenvalue weighted by Crippen LogP contribution is -2.41. The highest BCUT2D eigenvalue weighted by Crippen LogP contribution is 2.32. The summed E-state index contributed by atoms with van der Waals surface area (Å²) in [6, 6.07) is 19.0. The fraction of sp³-hybridized carbons (Fsp3) is 0.208. The lowest BCUT2D eigenvalue weighted by molar-refractivity contribution is -0.121. The SMILES string of the molecule is O=C(CN(CCc1ccccc1)S(=O)(=O)c1cc(Cl)ccc1Cl)NCc1ccc2c(c1)OCO2. The second-order valence-corrected chi connectivity index (χ2v) is 10.4. The van der Waals surface area contributed by atoms with Crippen LogP contribution in [0.1, 0.15) is 11.1 Å². The van der Waals surface area contributed by atoms with Gasteiger partial charge in [0.25, 0.3) is 0 Å². The zero-order chi connectivity index (χ0) is 24.1. The normalized spacial score (nSPS) is 12.7. The molecule has 0 bridgehead atoms. The lowest BCUT2D eigenvalue weighted by Gasteiger charge is -2.22. The molecule has 3 aromatic carbocycles. The van der Waals surface area contributed by atoms with Crippen LogP contribution in [0.4, 0.5) is 0 Å². The third-order valence-electron chi connectivity index (χ3n) is 5.25. The number of ether oxygens (including phenoxy) is 2. The van der Waals surface area contributed by atoms with Gasteiger partial charge in [0.1, 0.15) is 4.90 Å². The summed E-state index contributed by atoms with van der Waals surface area (Å²) in [7, 11) is -4.09. The van der Waals surface area contributed by atoms with E-state index in [1.807, 2.05) is 36.4 Å². The summed E-state index contributed by atoms with van der Waals surface area (Å²) in [5, 5.41) is 3.04. The van der Waals surface area contributed by atoms with Crippen LogP contribution in [-0.2, 0) is 27.8 Å². The van der Waals surface area contributed by atoms with Gasteiger partial charge in [-0.25, -0.2) is 8.42 Å². The maximum atomic E-state index is 13.4. The lowest BCUT2D eigenvalue weighted by atomic mass is 10.1.